The molecule has 0 fully saturated rings. The normalized spacial score (nSPS) is 10.7. The lowest BCUT2D eigenvalue weighted by molar-refractivity contribution is -0.136. The molecule has 0 atom stereocenters. The van der Waals surface area contributed by atoms with Gasteiger partial charge in [0.15, 0.2) is 0 Å². The standard InChI is InChI=1S/C12H12O3/c1-2-10-6-8-4-3-5-9(7-11(13)14)12(8)15-10/h3-6H,2,7H2,1H3,(H,13,14). The molecule has 0 saturated carbocycles. The summed E-state index contributed by atoms with van der Waals surface area (Å²) < 4.78 is 5.59. The first-order valence-electron chi connectivity index (χ1n) is 4.93. The van der Waals surface area contributed by atoms with Gasteiger partial charge in [0.25, 0.3) is 0 Å². The van der Waals surface area contributed by atoms with E-state index in [9.17, 15) is 4.79 Å². The van der Waals surface area contributed by atoms with Crippen LogP contribution in [0.4, 0.5) is 0 Å². The second kappa shape index (κ2) is 3.77. The smallest absolute Gasteiger partial charge is 0.307 e. The Morgan fingerprint density at radius 2 is 2.27 bits per heavy atom. The lowest BCUT2D eigenvalue weighted by Gasteiger charge is -1.97. The molecule has 15 heavy (non-hydrogen) atoms. The molecule has 1 N–H and O–H groups in total. The van der Waals surface area contributed by atoms with Crippen LogP contribution in [0, 0.1) is 0 Å². The second-order valence-electron chi connectivity index (χ2n) is 3.47. The Morgan fingerprint density at radius 3 is 2.93 bits per heavy atom. The lowest BCUT2D eigenvalue weighted by atomic mass is 10.1. The molecule has 2 aromatic rings. The van der Waals surface area contributed by atoms with Crippen LogP contribution in [0.3, 0.4) is 0 Å². The Bertz CT molecular complexity index is 497. The van der Waals surface area contributed by atoms with Gasteiger partial charge in [-0.05, 0) is 6.07 Å². The highest BCUT2D eigenvalue weighted by molar-refractivity contribution is 5.84. The largest absolute Gasteiger partial charge is 0.481 e. The van der Waals surface area contributed by atoms with E-state index in [-0.39, 0.29) is 6.42 Å². The van der Waals surface area contributed by atoms with Crippen molar-refractivity contribution in [2.24, 2.45) is 0 Å². The third-order valence-corrected chi connectivity index (χ3v) is 2.37. The van der Waals surface area contributed by atoms with Crippen LogP contribution in [0.1, 0.15) is 18.2 Å². The van der Waals surface area contributed by atoms with Crippen molar-refractivity contribution in [1.29, 1.82) is 0 Å². The van der Waals surface area contributed by atoms with Crippen molar-refractivity contribution < 1.29 is 14.3 Å². The Labute approximate surface area is 87.3 Å². The highest BCUT2D eigenvalue weighted by Gasteiger charge is 2.09. The summed E-state index contributed by atoms with van der Waals surface area (Å²) in [6, 6.07) is 7.54. The van der Waals surface area contributed by atoms with E-state index < -0.39 is 5.97 Å². The van der Waals surface area contributed by atoms with Crippen molar-refractivity contribution in [2.75, 3.05) is 0 Å². The third kappa shape index (κ3) is 1.86. The van der Waals surface area contributed by atoms with Crippen LogP contribution in [0.25, 0.3) is 11.0 Å². The fourth-order valence-corrected chi connectivity index (χ4v) is 1.65. The summed E-state index contributed by atoms with van der Waals surface area (Å²) in [4.78, 5) is 10.6. The number of carboxylic acid groups (broad SMARTS) is 1. The van der Waals surface area contributed by atoms with Gasteiger partial charge in [0, 0.05) is 17.4 Å². The molecule has 0 aliphatic heterocycles. The number of rotatable bonds is 3. The molecule has 0 aliphatic carbocycles. The van der Waals surface area contributed by atoms with Crippen LogP contribution in [0.15, 0.2) is 28.7 Å². The number of aryl methyl sites for hydroxylation is 1. The van der Waals surface area contributed by atoms with Crippen molar-refractivity contribution in [3.63, 3.8) is 0 Å². The van der Waals surface area contributed by atoms with E-state index in [1.807, 2.05) is 25.1 Å². The van der Waals surface area contributed by atoms with Gasteiger partial charge in [-0.25, -0.2) is 0 Å². The quantitative estimate of drug-likeness (QED) is 0.836. The van der Waals surface area contributed by atoms with E-state index in [1.165, 1.54) is 0 Å². The maximum Gasteiger partial charge on any atom is 0.307 e. The first-order valence-corrected chi connectivity index (χ1v) is 4.93. The Balaban J connectivity index is 2.54. The Kier molecular flexibility index (Phi) is 2.46. The van der Waals surface area contributed by atoms with Crippen molar-refractivity contribution in [2.45, 2.75) is 19.8 Å². The highest BCUT2D eigenvalue weighted by atomic mass is 16.4. The van der Waals surface area contributed by atoms with E-state index in [4.69, 9.17) is 9.52 Å². The molecule has 1 aromatic carbocycles. The average molecular weight is 204 g/mol. The summed E-state index contributed by atoms with van der Waals surface area (Å²) in [5.41, 5.74) is 1.44. The molecule has 78 valence electrons. The zero-order valence-electron chi connectivity index (χ0n) is 8.49. The van der Waals surface area contributed by atoms with E-state index in [0.717, 1.165) is 23.1 Å². The molecule has 3 heteroatoms. The number of carboxylic acids is 1. The van der Waals surface area contributed by atoms with Crippen molar-refractivity contribution >= 4 is 16.9 Å². The minimum atomic E-state index is -0.836. The van der Waals surface area contributed by atoms with Gasteiger partial charge in [0.1, 0.15) is 11.3 Å². The molecule has 1 aromatic heterocycles. The summed E-state index contributed by atoms with van der Waals surface area (Å²) in [6.07, 6.45) is 0.829. The monoisotopic (exact) mass is 204 g/mol. The van der Waals surface area contributed by atoms with E-state index in [2.05, 4.69) is 0 Å². The van der Waals surface area contributed by atoms with Crippen LogP contribution in [0.5, 0.6) is 0 Å². The molecule has 1 heterocycles. The molecule has 3 nitrogen and oxygen atoms in total. The Hall–Kier alpha value is -1.77. The van der Waals surface area contributed by atoms with Crippen LogP contribution >= 0.6 is 0 Å². The molecule has 0 radical (unpaired) electrons. The summed E-state index contributed by atoms with van der Waals surface area (Å²) >= 11 is 0. The third-order valence-electron chi connectivity index (χ3n) is 2.37. The molecular weight excluding hydrogens is 192 g/mol. The molecule has 0 bridgehead atoms. The first kappa shape index (κ1) is 9.77. The van der Waals surface area contributed by atoms with Gasteiger partial charge in [-0.2, -0.15) is 0 Å². The first-order chi connectivity index (χ1) is 7.20. The minimum Gasteiger partial charge on any atom is -0.481 e. The van der Waals surface area contributed by atoms with Gasteiger partial charge in [0.2, 0.25) is 0 Å². The van der Waals surface area contributed by atoms with E-state index in [1.54, 1.807) is 6.07 Å². The molecule has 0 spiro atoms. The number of hydrogen-bond acceptors (Lipinski definition) is 2. The number of benzene rings is 1. The topological polar surface area (TPSA) is 50.4 Å². The van der Waals surface area contributed by atoms with E-state index in [0.29, 0.717) is 5.58 Å². The average Bonchev–Trinajstić information content (AvgIpc) is 2.61. The molecule has 0 unspecified atom stereocenters. The number of furan rings is 1. The van der Waals surface area contributed by atoms with Crippen molar-refractivity contribution in [3.8, 4) is 0 Å². The fraction of sp³-hybridized carbons (Fsp3) is 0.250. The molecular formula is C12H12O3. The highest BCUT2D eigenvalue weighted by Crippen LogP contribution is 2.23. The van der Waals surface area contributed by atoms with Gasteiger partial charge in [0.05, 0.1) is 6.42 Å². The van der Waals surface area contributed by atoms with Gasteiger partial charge in [-0.15, -0.1) is 0 Å². The van der Waals surface area contributed by atoms with Crippen LogP contribution in [-0.4, -0.2) is 11.1 Å². The number of fused-ring (bicyclic) bond motifs is 1. The van der Waals surface area contributed by atoms with Gasteiger partial charge in [-0.1, -0.05) is 25.1 Å². The number of para-hydroxylation sites is 1. The number of hydrogen-bond donors (Lipinski definition) is 1. The lowest BCUT2D eigenvalue weighted by Crippen LogP contribution is -1.99. The molecule has 0 saturated heterocycles. The SMILES string of the molecule is CCc1cc2cccc(CC(=O)O)c2o1. The van der Waals surface area contributed by atoms with Crippen LogP contribution in [0.2, 0.25) is 0 Å². The second-order valence-corrected chi connectivity index (χ2v) is 3.47. The molecule has 0 amide bonds. The number of aliphatic carboxylic acids is 1. The summed E-state index contributed by atoms with van der Waals surface area (Å²) in [5.74, 6) is 0.0554. The summed E-state index contributed by atoms with van der Waals surface area (Å²) in [7, 11) is 0. The van der Waals surface area contributed by atoms with Crippen LogP contribution < -0.4 is 0 Å². The van der Waals surface area contributed by atoms with E-state index >= 15 is 0 Å². The zero-order valence-corrected chi connectivity index (χ0v) is 8.49. The maximum atomic E-state index is 10.6. The summed E-state index contributed by atoms with van der Waals surface area (Å²) in [5, 5.41) is 9.73. The van der Waals surface area contributed by atoms with Crippen molar-refractivity contribution in [1.82, 2.24) is 0 Å². The Morgan fingerprint density at radius 1 is 1.47 bits per heavy atom. The van der Waals surface area contributed by atoms with Gasteiger partial charge in [-0.3, -0.25) is 4.79 Å². The van der Waals surface area contributed by atoms with Crippen molar-refractivity contribution in [3.05, 3.63) is 35.6 Å². The summed E-state index contributed by atoms with van der Waals surface area (Å²) in [6.45, 7) is 2.01. The van der Waals surface area contributed by atoms with Crippen LogP contribution in [-0.2, 0) is 17.6 Å². The zero-order chi connectivity index (χ0) is 10.8. The predicted molar refractivity (Wildman–Crippen MR) is 56.9 cm³/mol. The minimum absolute atomic E-state index is 0.00794. The molecule has 2 rings (SSSR count). The predicted octanol–water partition coefficient (Wildman–Crippen LogP) is 2.62. The maximum absolute atomic E-state index is 10.6. The number of carbonyl (C=O) groups is 1. The molecule has 0 aliphatic rings. The fourth-order valence-electron chi connectivity index (χ4n) is 1.65. The van der Waals surface area contributed by atoms with Gasteiger partial charge >= 0.3 is 5.97 Å². The van der Waals surface area contributed by atoms with Gasteiger partial charge < -0.3 is 9.52 Å².